The Morgan fingerprint density at radius 2 is 1.81 bits per heavy atom. The lowest BCUT2D eigenvalue weighted by molar-refractivity contribution is -0.171. The molecule has 1 heterocycles. The minimum atomic E-state index is -0.384. The Kier molecular flexibility index (Phi) is 4.36. The van der Waals surface area contributed by atoms with E-state index >= 15 is 0 Å². The largest absolute Gasteiger partial charge is 0.458 e. The van der Waals surface area contributed by atoms with Crippen molar-refractivity contribution in [2.75, 3.05) is 13.2 Å². The van der Waals surface area contributed by atoms with Gasteiger partial charge in [-0.25, -0.2) is 4.79 Å². The highest BCUT2D eigenvalue weighted by molar-refractivity contribution is 5.82. The maximum atomic E-state index is 11.8. The van der Waals surface area contributed by atoms with E-state index in [1.165, 1.54) is 0 Å². The van der Waals surface area contributed by atoms with Gasteiger partial charge in [0.15, 0.2) is 5.79 Å². The number of hydrogen-bond donors (Lipinski definition) is 0. The fraction of sp³-hybridized carbons (Fsp3) is 0.471. The molecule has 1 aliphatic carbocycles. The summed E-state index contributed by atoms with van der Waals surface area (Å²) < 4.78 is 16.6. The van der Waals surface area contributed by atoms with Crippen LogP contribution in [0.5, 0.6) is 0 Å². The van der Waals surface area contributed by atoms with Crippen LogP contribution in [-0.4, -0.2) is 25.0 Å². The lowest BCUT2D eigenvalue weighted by Crippen LogP contribution is -2.33. The molecule has 1 aliphatic heterocycles. The molecular weight excluding hydrogens is 268 g/mol. The Bertz CT molecular complexity index is 503. The molecule has 1 aromatic carbocycles. The minimum Gasteiger partial charge on any atom is -0.458 e. The first-order valence-electron chi connectivity index (χ1n) is 7.44. The third kappa shape index (κ3) is 3.71. The van der Waals surface area contributed by atoms with E-state index in [0.717, 1.165) is 36.8 Å². The number of esters is 1. The molecule has 1 saturated carbocycles. The second kappa shape index (κ2) is 6.41. The van der Waals surface area contributed by atoms with Crippen LogP contribution in [0, 0.1) is 0 Å². The maximum absolute atomic E-state index is 11.8. The number of benzene rings is 1. The molecule has 2 fully saturated rings. The van der Waals surface area contributed by atoms with Gasteiger partial charge in [0.2, 0.25) is 0 Å². The van der Waals surface area contributed by atoms with Gasteiger partial charge in [0.05, 0.1) is 13.2 Å². The van der Waals surface area contributed by atoms with Gasteiger partial charge in [-0.2, -0.15) is 0 Å². The lowest BCUT2D eigenvalue weighted by atomic mass is 9.89. The molecular formula is C17H20O4. The summed E-state index contributed by atoms with van der Waals surface area (Å²) in [6, 6.07) is 9.70. The Labute approximate surface area is 124 Å². The fourth-order valence-electron chi connectivity index (χ4n) is 2.82. The third-order valence-corrected chi connectivity index (χ3v) is 4.01. The molecule has 0 amide bonds. The monoisotopic (exact) mass is 288 g/mol. The second-order valence-corrected chi connectivity index (χ2v) is 5.50. The Hall–Kier alpha value is -1.65. The lowest BCUT2D eigenvalue weighted by Gasteiger charge is -2.32. The van der Waals surface area contributed by atoms with Gasteiger partial charge in [-0.15, -0.1) is 0 Å². The third-order valence-electron chi connectivity index (χ3n) is 4.01. The molecule has 1 spiro atoms. The maximum Gasteiger partial charge on any atom is 0.331 e. The molecule has 0 bridgehead atoms. The molecule has 1 aromatic rings. The van der Waals surface area contributed by atoms with E-state index in [9.17, 15) is 4.79 Å². The smallest absolute Gasteiger partial charge is 0.331 e. The number of carbonyl (C=O) groups excluding carboxylic acids is 1. The molecule has 112 valence electrons. The van der Waals surface area contributed by atoms with Crippen molar-refractivity contribution in [1.29, 1.82) is 0 Å². The summed E-state index contributed by atoms with van der Waals surface area (Å²) in [5.74, 6) is -0.649. The Balaban J connectivity index is 1.48. The van der Waals surface area contributed by atoms with Crippen molar-refractivity contribution in [2.24, 2.45) is 0 Å². The molecule has 1 saturated heterocycles. The van der Waals surface area contributed by atoms with Crippen LogP contribution in [0.2, 0.25) is 0 Å². The van der Waals surface area contributed by atoms with E-state index < -0.39 is 0 Å². The zero-order valence-corrected chi connectivity index (χ0v) is 12.0. The molecule has 4 heteroatoms. The number of allylic oxidation sites excluding steroid dienone is 1. The van der Waals surface area contributed by atoms with Crippen LogP contribution in [0.25, 0.3) is 0 Å². The van der Waals surface area contributed by atoms with Gasteiger partial charge in [-0.1, -0.05) is 35.9 Å². The van der Waals surface area contributed by atoms with Gasteiger partial charge in [0.1, 0.15) is 6.61 Å². The highest BCUT2D eigenvalue weighted by atomic mass is 16.7. The molecule has 0 unspecified atom stereocenters. The van der Waals surface area contributed by atoms with E-state index in [1.54, 1.807) is 6.08 Å². The van der Waals surface area contributed by atoms with Gasteiger partial charge >= 0.3 is 5.97 Å². The average Bonchev–Trinajstić information content (AvgIpc) is 2.97. The normalized spacial score (nSPS) is 20.5. The summed E-state index contributed by atoms with van der Waals surface area (Å²) in [5.41, 5.74) is 2.12. The number of ether oxygens (including phenoxy) is 3. The van der Waals surface area contributed by atoms with Crippen LogP contribution in [0.4, 0.5) is 0 Å². The summed E-state index contributed by atoms with van der Waals surface area (Å²) >= 11 is 0. The van der Waals surface area contributed by atoms with Gasteiger partial charge in [-0.3, -0.25) is 0 Å². The van der Waals surface area contributed by atoms with Crippen LogP contribution in [-0.2, 0) is 25.6 Å². The van der Waals surface area contributed by atoms with E-state index in [1.807, 2.05) is 30.3 Å². The number of rotatable bonds is 3. The SMILES string of the molecule is O=C(C=C1CCC2(CC1)OCCO2)OCc1ccccc1. The van der Waals surface area contributed by atoms with Crippen LogP contribution in [0.3, 0.4) is 0 Å². The van der Waals surface area contributed by atoms with Crippen molar-refractivity contribution >= 4 is 5.97 Å². The molecule has 21 heavy (non-hydrogen) atoms. The first kappa shape index (κ1) is 14.3. The van der Waals surface area contributed by atoms with Crippen molar-refractivity contribution in [3.05, 3.63) is 47.5 Å². The van der Waals surface area contributed by atoms with Gasteiger partial charge in [0.25, 0.3) is 0 Å². The summed E-state index contributed by atoms with van der Waals surface area (Å²) in [7, 11) is 0. The van der Waals surface area contributed by atoms with Crippen molar-refractivity contribution in [3.8, 4) is 0 Å². The zero-order chi connectivity index (χ0) is 14.5. The standard InChI is InChI=1S/C17H20O4/c18-16(19-13-15-4-2-1-3-5-15)12-14-6-8-17(9-7-14)20-10-11-21-17/h1-5,12H,6-11,13H2. The quantitative estimate of drug-likeness (QED) is 0.633. The highest BCUT2D eigenvalue weighted by Gasteiger charge is 2.38. The predicted octanol–water partition coefficient (Wildman–Crippen LogP) is 2.97. The summed E-state index contributed by atoms with van der Waals surface area (Å²) in [6.45, 7) is 1.68. The van der Waals surface area contributed by atoms with E-state index in [4.69, 9.17) is 14.2 Å². The van der Waals surface area contributed by atoms with E-state index in [-0.39, 0.29) is 11.8 Å². The Morgan fingerprint density at radius 3 is 2.48 bits per heavy atom. The van der Waals surface area contributed by atoms with Crippen molar-refractivity contribution < 1.29 is 19.0 Å². The number of hydrogen-bond acceptors (Lipinski definition) is 4. The van der Waals surface area contributed by atoms with Gasteiger partial charge in [0, 0.05) is 18.9 Å². The van der Waals surface area contributed by atoms with Crippen LogP contribution in [0.1, 0.15) is 31.2 Å². The fourth-order valence-corrected chi connectivity index (χ4v) is 2.82. The van der Waals surface area contributed by atoms with Gasteiger partial charge in [-0.05, 0) is 18.4 Å². The van der Waals surface area contributed by atoms with Crippen molar-refractivity contribution in [2.45, 2.75) is 38.1 Å². The molecule has 0 atom stereocenters. The van der Waals surface area contributed by atoms with Crippen LogP contribution >= 0.6 is 0 Å². The molecule has 3 rings (SSSR count). The first-order chi connectivity index (χ1) is 10.3. The summed E-state index contributed by atoms with van der Waals surface area (Å²) in [5, 5.41) is 0. The van der Waals surface area contributed by atoms with Crippen LogP contribution < -0.4 is 0 Å². The molecule has 4 nitrogen and oxygen atoms in total. The van der Waals surface area contributed by atoms with Gasteiger partial charge < -0.3 is 14.2 Å². The zero-order valence-electron chi connectivity index (χ0n) is 12.0. The van der Waals surface area contributed by atoms with E-state index in [0.29, 0.717) is 19.8 Å². The highest BCUT2D eigenvalue weighted by Crippen LogP contribution is 2.37. The molecule has 2 aliphatic rings. The average molecular weight is 288 g/mol. The van der Waals surface area contributed by atoms with E-state index in [2.05, 4.69) is 0 Å². The second-order valence-electron chi connectivity index (χ2n) is 5.50. The first-order valence-corrected chi connectivity index (χ1v) is 7.44. The summed E-state index contributed by atoms with van der Waals surface area (Å²) in [6.07, 6.45) is 4.95. The number of carbonyl (C=O) groups is 1. The molecule has 0 radical (unpaired) electrons. The molecule has 0 N–H and O–H groups in total. The summed E-state index contributed by atoms with van der Waals surface area (Å²) in [4.78, 5) is 11.8. The minimum absolute atomic E-state index is 0.266. The molecule has 0 aromatic heterocycles. The topological polar surface area (TPSA) is 44.8 Å². The van der Waals surface area contributed by atoms with Crippen LogP contribution in [0.15, 0.2) is 42.0 Å². The Morgan fingerprint density at radius 1 is 1.14 bits per heavy atom. The van der Waals surface area contributed by atoms with Crippen molar-refractivity contribution in [3.63, 3.8) is 0 Å². The van der Waals surface area contributed by atoms with Crippen molar-refractivity contribution in [1.82, 2.24) is 0 Å². The predicted molar refractivity (Wildman–Crippen MR) is 77.4 cm³/mol.